The van der Waals surface area contributed by atoms with E-state index >= 15 is 0 Å². The minimum Gasteiger partial charge on any atom is -0.388 e. The van der Waals surface area contributed by atoms with Crippen molar-refractivity contribution in [1.82, 2.24) is 64.1 Å². The van der Waals surface area contributed by atoms with Gasteiger partial charge in [0.1, 0.15) is 17.1 Å². The number of imidazole rings is 2. The normalized spacial score (nSPS) is 12.5. The average Bonchev–Trinajstić information content (AvgIpc) is 1.56. The molecule has 0 spiro atoms. The molecule has 2 N–H and O–H groups in total. The van der Waals surface area contributed by atoms with Gasteiger partial charge >= 0.3 is 0 Å². The Morgan fingerprint density at radius 2 is 0.521 bits per heavy atom. The summed E-state index contributed by atoms with van der Waals surface area (Å²) in [5.74, 6) is 19.0. The molecule has 18 nitrogen and oxygen atoms in total. The number of rotatable bonds is 12. The van der Waals surface area contributed by atoms with Gasteiger partial charge in [-0.25, -0.2) is 24.0 Å². The molecule has 21 aromatic rings. The topological polar surface area (TPSA) is 217 Å². The first-order valence-corrected chi connectivity index (χ1v) is 47.2. The van der Waals surface area contributed by atoms with Crippen molar-refractivity contribution in [2.75, 3.05) is 0 Å². The van der Waals surface area contributed by atoms with Crippen molar-refractivity contribution in [3.05, 3.63) is 537 Å². The molecule has 0 radical (unpaired) electrons. The highest BCUT2D eigenvalue weighted by molar-refractivity contribution is 6.01. The zero-order valence-corrected chi connectivity index (χ0v) is 77.4. The third-order valence-corrected chi connectivity index (χ3v) is 25.6. The number of benzene rings is 16. The van der Waals surface area contributed by atoms with Gasteiger partial charge in [0, 0.05) is 120 Å². The first-order valence-electron chi connectivity index (χ1n) is 47.2. The summed E-state index contributed by atoms with van der Waals surface area (Å²) >= 11 is 0. The summed E-state index contributed by atoms with van der Waals surface area (Å²) in [5.41, 5.74) is 45.6. The third kappa shape index (κ3) is 19.6. The van der Waals surface area contributed by atoms with E-state index in [-0.39, 0.29) is 0 Å². The van der Waals surface area contributed by atoms with Crippen LogP contribution in [0.5, 0.6) is 0 Å². The molecule has 5 aliphatic rings. The molecule has 18 heteroatoms. The summed E-state index contributed by atoms with van der Waals surface area (Å²) in [6.07, 6.45) is 4.10. The molecule has 0 aliphatic heterocycles. The molecule has 5 aromatic heterocycles. The van der Waals surface area contributed by atoms with Gasteiger partial charge in [-0.3, -0.25) is 0 Å². The van der Waals surface area contributed by atoms with Crippen LogP contribution in [0.3, 0.4) is 0 Å². The van der Waals surface area contributed by atoms with Crippen molar-refractivity contribution < 1.29 is 10.2 Å². The van der Waals surface area contributed by atoms with Gasteiger partial charge in [-0.1, -0.05) is 445 Å². The van der Waals surface area contributed by atoms with Gasteiger partial charge in [0.15, 0.2) is 0 Å². The van der Waals surface area contributed by atoms with E-state index in [0.29, 0.717) is 39.0 Å². The summed E-state index contributed by atoms with van der Waals surface area (Å²) in [5, 5.41) is 52.3. The van der Waals surface area contributed by atoms with Crippen molar-refractivity contribution >= 4 is 0 Å². The first kappa shape index (κ1) is 89.8. The van der Waals surface area contributed by atoms with Crippen molar-refractivity contribution in [2.45, 2.75) is 64.3 Å². The van der Waals surface area contributed by atoms with E-state index in [4.69, 9.17) is 25.7 Å². The number of nitrogens with zero attached hydrogens (tertiary/aromatic N) is 16. The van der Waals surface area contributed by atoms with Crippen LogP contribution in [-0.4, -0.2) is 74.3 Å². The number of azide groups is 1. The summed E-state index contributed by atoms with van der Waals surface area (Å²) in [6, 6.07) is 144. The molecule has 2 atom stereocenters. The smallest absolute Gasteiger partial charge is 0.121 e. The maximum Gasteiger partial charge on any atom is 0.121 e. The average molecular weight is 1840 g/mol. The Labute approximate surface area is 823 Å². The van der Waals surface area contributed by atoms with E-state index in [2.05, 4.69) is 300 Å². The monoisotopic (exact) mass is 1840 g/mol. The molecule has 0 saturated heterocycles. The molecule has 0 saturated carbocycles. The van der Waals surface area contributed by atoms with Gasteiger partial charge in [-0.15, -0.1) is 15.3 Å². The molecule has 0 amide bonds. The Balaban J connectivity index is 0.000000105. The second-order valence-corrected chi connectivity index (χ2v) is 34.7. The van der Waals surface area contributed by atoms with Crippen LogP contribution < -0.4 is 0 Å². The van der Waals surface area contributed by atoms with Crippen molar-refractivity contribution in [1.29, 1.82) is 0 Å². The largest absolute Gasteiger partial charge is 0.388 e. The van der Waals surface area contributed by atoms with Crippen molar-refractivity contribution in [3.63, 3.8) is 0 Å². The minimum atomic E-state index is -0.560. The Hall–Kier alpha value is -18.7. The zero-order valence-electron chi connectivity index (χ0n) is 77.4. The second kappa shape index (κ2) is 42.3. The molecule has 0 bridgehead atoms. The Morgan fingerprint density at radius 1 is 0.254 bits per heavy atom. The molecular weight excluding hydrogens is 1750 g/mol. The Bertz CT molecular complexity index is 8000. The van der Waals surface area contributed by atoms with Crippen molar-refractivity contribution in [3.8, 4) is 148 Å². The van der Waals surface area contributed by atoms with Crippen molar-refractivity contribution in [2.24, 2.45) is 5.11 Å². The molecule has 680 valence electrons. The number of hydrogen-bond donors (Lipinski definition) is 2. The lowest BCUT2D eigenvalue weighted by Gasteiger charge is -2.21. The molecule has 142 heavy (non-hydrogen) atoms. The number of aliphatic hydroxyl groups excluding tert-OH is 2. The van der Waals surface area contributed by atoms with Crippen LogP contribution in [0.4, 0.5) is 0 Å². The van der Waals surface area contributed by atoms with E-state index in [1.54, 1.807) is 0 Å². The first-order chi connectivity index (χ1) is 70.2. The number of aromatic nitrogens is 13. The maximum atomic E-state index is 10.8. The second-order valence-electron chi connectivity index (χ2n) is 34.7. The summed E-state index contributed by atoms with van der Waals surface area (Å²) in [4.78, 5) is 12.6. The predicted molar refractivity (Wildman–Crippen MR) is 561 cm³/mol. The highest BCUT2D eigenvalue weighted by Gasteiger charge is 2.33. The molecule has 2 unspecified atom stereocenters. The van der Waals surface area contributed by atoms with E-state index in [0.717, 1.165) is 187 Å². The van der Waals surface area contributed by atoms with Gasteiger partial charge in [-0.2, -0.15) is 0 Å². The fourth-order valence-corrected chi connectivity index (χ4v) is 18.8. The molecule has 0 fully saturated rings. The fourth-order valence-electron chi connectivity index (χ4n) is 18.8. The lowest BCUT2D eigenvalue weighted by molar-refractivity contribution is 0.178. The van der Waals surface area contributed by atoms with E-state index in [1.165, 1.54) is 27.8 Å². The SMILES string of the molecule is C1#Cc2ccccc2C#Cc2ccccc21.OC1Cc2ccccc2-c2c(nnn2Cc2ccccc2)-c2ccccc21.OC1Cc2ccccc2C#Cc2ccccc21.[N-]=[N+]=NCc1ccccc1.c1ccc(Cn2cnc3c2-c2ccccc2-c2c(nnn2Cc2ccccc2)-c2ccccc2-3)cc1.c1ccc(Cn2cnc3c2-c2ccccc2-c2nnn(Cc4ccccc4)c2-c2ccccc2-3)cc1. The lowest BCUT2D eigenvalue weighted by atomic mass is 9.87. The van der Waals surface area contributed by atoms with Crippen LogP contribution in [-0.2, 0) is 52.1 Å². The van der Waals surface area contributed by atoms with Crippen LogP contribution in [0.2, 0.25) is 0 Å². The maximum absolute atomic E-state index is 10.8. The van der Waals surface area contributed by atoms with Gasteiger partial charge in [0.05, 0.1) is 90.9 Å². The standard InChI is InChI=1S/2C31H23N5.C23H19N3O.C16H12O.C16H8.C7H7N3/c1-3-11-22(12-4-1)19-35-21-32-28-24-15-7-10-18-27(24)31-29(25-16-8-9-17-26(25)30(28)35)33-34-36(31)20-23-13-5-2-6-14-23;1-3-11-22(12-4-1)19-35-21-32-28-24-15-7-8-16-25(24)29-31(27-18-10-9-17-26(27)30(28)35)36(34-33-29)20-23-13-5-2-6-14-23;27-21-14-17-10-4-5-11-18(17)23-22(20-13-7-6-12-19(20)21)24-25-26(23)15-16-8-2-1-3-9-16;17-16-11-14-7-2-1-5-12(14)9-10-13-6-3-4-8-15(13)16;1-2-6-14-11-12-16-8-4-3-7-15(16)10-9-13(14)5-1;8-10-9-6-7-4-2-1-3-5-7/h2*1-18,21H,19-20H2;1-13,21,27H,14-15H2;1-8,16-17H,11H2;1-8H;1-5H,6H2. The van der Waals surface area contributed by atoms with Gasteiger partial charge in [0.25, 0.3) is 0 Å². The van der Waals surface area contributed by atoms with Gasteiger partial charge < -0.3 is 19.3 Å². The fraction of sp³-hybridized carbons (Fsp3) is 0.0806. The van der Waals surface area contributed by atoms with E-state index in [1.807, 2.05) is 227 Å². The highest BCUT2D eigenvalue weighted by atomic mass is 16.3. The molecule has 5 heterocycles. The van der Waals surface area contributed by atoms with Crippen LogP contribution in [0.1, 0.15) is 101 Å². The highest BCUT2D eigenvalue weighted by Crippen LogP contribution is 2.50. The van der Waals surface area contributed by atoms with Crippen LogP contribution in [0.25, 0.3) is 123 Å². The number of hydrogen-bond acceptors (Lipinski definition) is 11. The summed E-state index contributed by atoms with van der Waals surface area (Å²) in [7, 11) is 0. The minimum absolute atomic E-state index is 0.442. The Kier molecular flexibility index (Phi) is 26.7. The van der Waals surface area contributed by atoms with Gasteiger partial charge in [0.2, 0.25) is 0 Å². The lowest BCUT2D eigenvalue weighted by Crippen LogP contribution is -2.10. The quantitative estimate of drug-likeness (QED) is 0.0510. The molecular formula is C124H92N16O2. The Morgan fingerprint density at radius 3 is 0.958 bits per heavy atom. The molecule has 26 rings (SSSR count). The van der Waals surface area contributed by atoms with Crippen LogP contribution in [0.15, 0.2) is 442 Å². The summed E-state index contributed by atoms with van der Waals surface area (Å²) < 4.78 is 10.5. The third-order valence-electron chi connectivity index (χ3n) is 25.6. The number of aliphatic hydroxyl groups is 2. The zero-order chi connectivity index (χ0) is 95.7. The van der Waals surface area contributed by atoms with Crippen LogP contribution >= 0.6 is 0 Å². The van der Waals surface area contributed by atoms with Crippen LogP contribution in [0, 0.1) is 35.5 Å². The van der Waals surface area contributed by atoms with Gasteiger partial charge in [-0.05, 0) is 97.6 Å². The number of fused-ring (bicyclic) bond motifs is 25. The summed E-state index contributed by atoms with van der Waals surface area (Å²) in [6.45, 7) is 3.88. The predicted octanol–water partition coefficient (Wildman–Crippen LogP) is 25.3. The van der Waals surface area contributed by atoms with E-state index < -0.39 is 12.2 Å². The molecule has 5 aliphatic carbocycles. The van der Waals surface area contributed by atoms with E-state index in [9.17, 15) is 10.2 Å². The molecule has 16 aromatic carbocycles.